The molecular weight excluding hydrogens is 732 g/mol. The van der Waals surface area contributed by atoms with Crippen LogP contribution in [-0.2, 0) is 19.6 Å². The fourth-order valence-electron chi connectivity index (χ4n) is 6.93. The number of fused-ring (bicyclic) bond motifs is 1. The Hall–Kier alpha value is -4.18. The van der Waals surface area contributed by atoms with Gasteiger partial charge in [-0.1, -0.05) is 25.0 Å². The molecule has 14 nitrogen and oxygen atoms in total. The molecule has 2 aliphatic carbocycles. The fraction of sp³-hybridized carbons (Fsp3) is 0.641. The molecule has 3 N–H and O–H groups in total. The van der Waals surface area contributed by atoms with Crippen molar-refractivity contribution in [1.82, 2.24) is 30.1 Å². The largest absolute Gasteiger partial charge is 0.491 e. The van der Waals surface area contributed by atoms with Crippen LogP contribution in [0.5, 0.6) is 17.4 Å². The van der Waals surface area contributed by atoms with E-state index in [4.69, 9.17) is 14.2 Å². The first-order chi connectivity index (χ1) is 25.9. The number of nitrogens with zero attached hydrogens (tertiary/aromatic N) is 3. The molecule has 1 aromatic heterocycles. The van der Waals surface area contributed by atoms with E-state index in [1.807, 2.05) is 37.8 Å². The number of benzene rings is 1. The molecule has 5 rings (SSSR count). The molecule has 55 heavy (non-hydrogen) atoms. The van der Waals surface area contributed by atoms with Crippen molar-refractivity contribution >= 4 is 38.8 Å². The van der Waals surface area contributed by atoms with Crippen LogP contribution in [0.1, 0.15) is 85.5 Å². The molecule has 0 unspecified atom stereocenters. The summed E-state index contributed by atoms with van der Waals surface area (Å²) in [5.74, 6) is -1.50. The van der Waals surface area contributed by atoms with Gasteiger partial charge < -0.3 is 29.7 Å². The van der Waals surface area contributed by atoms with Gasteiger partial charge in [-0.05, 0) is 85.4 Å². The smallest absolute Gasteiger partial charge is 0.317 e. The number of unbranched alkanes of at least 4 members (excludes halogenated alkanes) is 3. The maximum atomic E-state index is 14.6. The van der Waals surface area contributed by atoms with Gasteiger partial charge in [0.25, 0.3) is 5.91 Å². The van der Waals surface area contributed by atoms with Gasteiger partial charge in [0.15, 0.2) is 11.6 Å². The lowest BCUT2D eigenvalue weighted by molar-refractivity contribution is -0.131. The van der Waals surface area contributed by atoms with E-state index >= 15 is 0 Å². The Balaban J connectivity index is 1.24. The molecule has 1 aromatic carbocycles. The van der Waals surface area contributed by atoms with Gasteiger partial charge in [0, 0.05) is 50.5 Å². The van der Waals surface area contributed by atoms with Gasteiger partial charge in [-0.3, -0.25) is 19.2 Å². The summed E-state index contributed by atoms with van der Waals surface area (Å²) < 4.78 is 59.7. The third-order valence-corrected chi connectivity index (χ3v) is 12.9. The molecule has 304 valence electrons. The van der Waals surface area contributed by atoms with E-state index < -0.39 is 50.1 Å². The second-order valence-corrected chi connectivity index (χ2v) is 18.2. The van der Waals surface area contributed by atoms with Crippen molar-refractivity contribution in [3.05, 3.63) is 36.2 Å². The Bertz CT molecular complexity index is 1890. The molecule has 0 bridgehead atoms. The number of methoxy groups -OCH3 is 1. The minimum absolute atomic E-state index is 0.0382. The Morgan fingerprint density at radius 3 is 2.53 bits per heavy atom. The van der Waals surface area contributed by atoms with Crippen LogP contribution in [0.4, 0.5) is 9.18 Å². The zero-order valence-electron chi connectivity index (χ0n) is 33.2. The van der Waals surface area contributed by atoms with Crippen LogP contribution in [0.2, 0.25) is 0 Å². The van der Waals surface area contributed by atoms with Gasteiger partial charge in [0.1, 0.15) is 22.9 Å². The number of urea groups is 1. The molecular formula is C39H57FN6O8S. The number of sulfonamides is 1. The lowest BCUT2D eigenvalue weighted by Crippen LogP contribution is -2.56. The van der Waals surface area contributed by atoms with E-state index in [1.165, 1.54) is 18.1 Å². The minimum Gasteiger partial charge on any atom is -0.491 e. The van der Waals surface area contributed by atoms with Crippen LogP contribution in [0.3, 0.4) is 0 Å². The number of allylic oxidation sites excluding steroid dienone is 1. The van der Waals surface area contributed by atoms with E-state index in [2.05, 4.69) is 20.3 Å². The topological polar surface area (TPSA) is 168 Å². The normalized spacial score (nSPS) is 23.7. The van der Waals surface area contributed by atoms with Crippen LogP contribution in [-0.4, -0.2) is 110 Å². The minimum atomic E-state index is -3.94. The molecule has 2 heterocycles. The van der Waals surface area contributed by atoms with Gasteiger partial charge in [-0.25, -0.2) is 22.6 Å². The van der Waals surface area contributed by atoms with E-state index in [-0.39, 0.29) is 54.1 Å². The van der Waals surface area contributed by atoms with Crippen molar-refractivity contribution in [1.29, 1.82) is 0 Å². The van der Waals surface area contributed by atoms with Crippen molar-refractivity contribution in [3.63, 3.8) is 0 Å². The predicted molar refractivity (Wildman–Crippen MR) is 207 cm³/mol. The number of likely N-dealkylation sites (tertiary alicyclic amines) is 1. The Morgan fingerprint density at radius 1 is 1.15 bits per heavy atom. The molecule has 1 aliphatic heterocycles. The average Bonchev–Trinajstić information content (AvgIpc) is 3.99. The molecule has 2 aromatic rings. The highest BCUT2D eigenvalue weighted by Crippen LogP contribution is 2.47. The van der Waals surface area contributed by atoms with Gasteiger partial charge in [0.05, 0.1) is 24.0 Å². The Kier molecular flexibility index (Phi) is 12.9. The maximum absolute atomic E-state index is 14.6. The summed E-state index contributed by atoms with van der Waals surface area (Å²) in [5, 5.41) is 6.42. The molecule has 4 amide bonds. The third-order valence-electron chi connectivity index (χ3n) is 10.7. The van der Waals surface area contributed by atoms with Crippen molar-refractivity contribution in [2.45, 2.75) is 120 Å². The monoisotopic (exact) mass is 788 g/mol. The molecule has 1 saturated heterocycles. The lowest BCUT2D eigenvalue weighted by atomic mass is 10.1. The maximum Gasteiger partial charge on any atom is 0.317 e. The molecule has 16 heteroatoms. The number of aromatic nitrogens is 1. The van der Waals surface area contributed by atoms with Crippen molar-refractivity contribution in [2.24, 2.45) is 5.92 Å². The fourth-order valence-corrected chi connectivity index (χ4v) is 8.25. The third kappa shape index (κ3) is 9.80. The quantitative estimate of drug-likeness (QED) is 0.143. The van der Waals surface area contributed by atoms with Crippen LogP contribution in [0.15, 0.2) is 30.4 Å². The van der Waals surface area contributed by atoms with E-state index in [0.29, 0.717) is 30.5 Å². The standard InChI is InChI=1S/C39H57FN6O8S/c1-24(2)53-32-21-31(28-16-17-29(40)34(52-8)33(28)42-32)54-27-20-30(46(7)23-27)35(47)43-39(36(48)44-55(50,51)38(4)18-19-38)22-26(39)15-13-11-9-10-12-14-25(3)41-37(49)45(5)6/h13,15-17,21,24-27,30H,9-12,14,18-20,22-23H2,1-8H3,(H,41,49)(H,43,47)(H,44,48)/b15-13-/t25-,26-,27-,30+,39-/m1/s1. The zero-order valence-corrected chi connectivity index (χ0v) is 34.1. The molecule has 5 atom stereocenters. The van der Waals surface area contributed by atoms with Crippen LogP contribution in [0.25, 0.3) is 10.9 Å². The van der Waals surface area contributed by atoms with Crippen molar-refractivity contribution in [3.8, 4) is 17.4 Å². The summed E-state index contributed by atoms with van der Waals surface area (Å²) in [5.41, 5.74) is -1.16. The highest BCUT2D eigenvalue weighted by atomic mass is 32.2. The van der Waals surface area contributed by atoms with Crippen LogP contribution in [0, 0.1) is 11.7 Å². The van der Waals surface area contributed by atoms with Crippen LogP contribution >= 0.6 is 0 Å². The number of likely N-dealkylation sites (N-methyl/N-ethyl adjacent to an activating group) is 1. The molecule has 0 spiro atoms. The van der Waals surface area contributed by atoms with Crippen LogP contribution < -0.4 is 29.6 Å². The number of ether oxygens (including phenoxy) is 3. The van der Waals surface area contributed by atoms with Gasteiger partial charge >= 0.3 is 6.03 Å². The number of rotatable bonds is 18. The summed E-state index contributed by atoms with van der Waals surface area (Å²) in [7, 11) is 2.63. The first-order valence-corrected chi connectivity index (χ1v) is 20.6. The number of hydrogen-bond donors (Lipinski definition) is 3. The molecule has 3 aliphatic rings. The van der Waals surface area contributed by atoms with Crippen molar-refractivity contribution in [2.75, 3.05) is 34.8 Å². The summed E-state index contributed by atoms with van der Waals surface area (Å²) >= 11 is 0. The first kappa shape index (κ1) is 42.0. The van der Waals surface area contributed by atoms with E-state index in [1.54, 1.807) is 40.2 Å². The predicted octanol–water partition coefficient (Wildman–Crippen LogP) is 4.66. The number of carbonyl (C=O) groups excluding carboxylic acids is 3. The Labute approximate surface area is 323 Å². The Morgan fingerprint density at radius 2 is 1.87 bits per heavy atom. The first-order valence-electron chi connectivity index (χ1n) is 19.1. The van der Waals surface area contributed by atoms with Gasteiger partial charge in [-0.15, -0.1) is 0 Å². The summed E-state index contributed by atoms with van der Waals surface area (Å²) in [6, 6.07) is 3.76. The second kappa shape index (κ2) is 16.9. The zero-order chi connectivity index (χ0) is 40.3. The number of hydrogen-bond acceptors (Lipinski definition) is 10. The number of halogens is 1. The summed E-state index contributed by atoms with van der Waals surface area (Å²) in [6.07, 6.45) is 9.12. The highest BCUT2D eigenvalue weighted by molar-refractivity contribution is 7.91. The van der Waals surface area contributed by atoms with Gasteiger partial charge in [0.2, 0.25) is 21.8 Å². The molecule has 2 saturated carbocycles. The van der Waals surface area contributed by atoms with E-state index in [9.17, 15) is 27.2 Å². The van der Waals surface area contributed by atoms with Crippen molar-refractivity contribution < 1.29 is 41.4 Å². The average molecular weight is 789 g/mol. The number of carbonyl (C=O) groups is 3. The number of nitrogens with one attached hydrogen (secondary N) is 3. The molecule has 3 fully saturated rings. The highest BCUT2D eigenvalue weighted by Gasteiger charge is 2.62. The number of pyridine rings is 1. The summed E-state index contributed by atoms with van der Waals surface area (Å²) in [4.78, 5) is 47.4. The van der Waals surface area contributed by atoms with E-state index in [0.717, 1.165) is 32.1 Å². The SMILES string of the molecule is COc1c(F)ccc2c(O[C@@H]3C[C@@H](C(=O)N[C@]4(C(=O)NS(=O)(=O)C5(C)CC5)C[C@H]4/C=C\CCCCC[C@@H](C)NC(=O)N(C)C)N(C)C3)cc(OC(C)C)nc12. The molecule has 0 radical (unpaired) electrons. The lowest BCUT2D eigenvalue weighted by Gasteiger charge is -2.24. The van der Waals surface area contributed by atoms with Gasteiger partial charge in [-0.2, -0.15) is 0 Å². The number of amides is 4. The summed E-state index contributed by atoms with van der Waals surface area (Å²) in [6.45, 7) is 7.66. The second-order valence-electron chi connectivity index (χ2n) is 16.0.